The number of halogens is 1. The predicted molar refractivity (Wildman–Crippen MR) is 95.2 cm³/mol. The lowest BCUT2D eigenvalue weighted by Crippen LogP contribution is -2.54. The van der Waals surface area contributed by atoms with E-state index in [0.29, 0.717) is 17.3 Å². The fourth-order valence-corrected chi connectivity index (χ4v) is 3.36. The van der Waals surface area contributed by atoms with E-state index in [9.17, 15) is 9.90 Å². The topological polar surface area (TPSA) is 78.6 Å². The van der Waals surface area contributed by atoms with Gasteiger partial charge in [-0.05, 0) is 42.9 Å². The van der Waals surface area contributed by atoms with Crippen molar-refractivity contribution in [3.05, 3.63) is 22.7 Å². The Kier molecular flexibility index (Phi) is 4.99. The second-order valence-corrected chi connectivity index (χ2v) is 7.82. The average Bonchev–Trinajstić information content (AvgIpc) is 2.43. The molecule has 0 bridgehead atoms. The van der Waals surface area contributed by atoms with E-state index in [0.717, 1.165) is 24.1 Å². The van der Waals surface area contributed by atoms with Gasteiger partial charge in [0, 0.05) is 23.7 Å². The first-order chi connectivity index (χ1) is 10.6. The van der Waals surface area contributed by atoms with Crippen LogP contribution in [0.2, 0.25) is 5.02 Å². The quantitative estimate of drug-likeness (QED) is 0.705. The molecule has 1 amide bonds. The maximum Gasteiger partial charge on any atom is 0.407 e. The summed E-state index contributed by atoms with van der Waals surface area (Å²) in [6, 6.07) is 3.87. The van der Waals surface area contributed by atoms with Crippen LogP contribution in [0.1, 0.15) is 39.2 Å². The van der Waals surface area contributed by atoms with Gasteiger partial charge in [-0.15, -0.1) is 0 Å². The van der Waals surface area contributed by atoms with Gasteiger partial charge in [0.05, 0.1) is 11.4 Å². The van der Waals surface area contributed by atoms with Gasteiger partial charge in [0.15, 0.2) is 0 Å². The molecule has 1 aromatic rings. The van der Waals surface area contributed by atoms with Crippen molar-refractivity contribution in [1.82, 2.24) is 4.90 Å². The highest BCUT2D eigenvalue weighted by molar-refractivity contribution is 6.31. The number of benzene rings is 1. The molecule has 128 valence electrons. The summed E-state index contributed by atoms with van der Waals surface area (Å²) in [6.45, 7) is 8.71. The molecule has 0 radical (unpaired) electrons. The summed E-state index contributed by atoms with van der Waals surface area (Å²) in [5.74, 6) is 0. The molecular formula is C17H26ClN3O2. The molecule has 5 nitrogen and oxygen atoms in total. The molecule has 0 aliphatic carbocycles. The highest BCUT2D eigenvalue weighted by Crippen LogP contribution is 2.34. The third-order valence-corrected chi connectivity index (χ3v) is 4.95. The second kappa shape index (κ2) is 6.48. The normalized spacial score (nSPS) is 22.0. The van der Waals surface area contributed by atoms with Crippen LogP contribution in [0.4, 0.5) is 16.2 Å². The Morgan fingerprint density at radius 2 is 2.09 bits per heavy atom. The van der Waals surface area contributed by atoms with Crippen LogP contribution in [0.5, 0.6) is 0 Å². The van der Waals surface area contributed by atoms with Crippen LogP contribution in [0, 0.1) is 12.3 Å². The third-order valence-electron chi connectivity index (χ3n) is 4.54. The number of nitrogens with zero attached hydrogens (tertiary/aromatic N) is 1. The first-order valence-corrected chi connectivity index (χ1v) is 8.29. The maximum atomic E-state index is 11.5. The van der Waals surface area contributed by atoms with Gasteiger partial charge in [-0.25, -0.2) is 4.79 Å². The van der Waals surface area contributed by atoms with Gasteiger partial charge in [-0.2, -0.15) is 0 Å². The fourth-order valence-electron chi connectivity index (χ4n) is 3.19. The maximum absolute atomic E-state index is 11.5. The van der Waals surface area contributed by atoms with E-state index in [2.05, 4.69) is 26.1 Å². The Balaban J connectivity index is 2.17. The summed E-state index contributed by atoms with van der Waals surface area (Å²) in [6.07, 6.45) is 0.682. The number of carbonyl (C=O) groups is 1. The Morgan fingerprint density at radius 3 is 2.65 bits per heavy atom. The van der Waals surface area contributed by atoms with E-state index in [4.69, 9.17) is 17.3 Å². The van der Waals surface area contributed by atoms with Crippen LogP contribution in [0.3, 0.4) is 0 Å². The molecule has 6 heteroatoms. The predicted octanol–water partition coefficient (Wildman–Crippen LogP) is 4.20. The van der Waals surface area contributed by atoms with Crippen molar-refractivity contribution < 1.29 is 9.90 Å². The molecule has 1 aliphatic rings. The van der Waals surface area contributed by atoms with Crippen LogP contribution in [0.15, 0.2) is 12.1 Å². The molecule has 23 heavy (non-hydrogen) atoms. The molecule has 0 spiro atoms. The molecule has 2 rings (SSSR count). The molecule has 1 fully saturated rings. The zero-order valence-electron chi connectivity index (χ0n) is 14.2. The summed E-state index contributed by atoms with van der Waals surface area (Å²) >= 11 is 6.09. The van der Waals surface area contributed by atoms with Crippen molar-refractivity contribution >= 4 is 29.1 Å². The lowest BCUT2D eigenvalue weighted by Gasteiger charge is -2.45. The van der Waals surface area contributed by atoms with Crippen molar-refractivity contribution in [2.75, 3.05) is 17.6 Å². The monoisotopic (exact) mass is 339 g/mol. The van der Waals surface area contributed by atoms with E-state index >= 15 is 0 Å². The summed E-state index contributed by atoms with van der Waals surface area (Å²) in [7, 11) is 0. The number of carboxylic acid groups (broad SMARTS) is 1. The van der Waals surface area contributed by atoms with Crippen LogP contribution < -0.4 is 11.1 Å². The lowest BCUT2D eigenvalue weighted by atomic mass is 9.79. The molecule has 1 aliphatic heterocycles. The summed E-state index contributed by atoms with van der Waals surface area (Å²) in [5, 5.41) is 13.6. The first-order valence-electron chi connectivity index (χ1n) is 7.91. The van der Waals surface area contributed by atoms with Crippen LogP contribution >= 0.6 is 11.6 Å². The molecule has 0 aromatic heterocycles. The number of nitrogens with one attached hydrogen (secondary N) is 1. The molecular weight excluding hydrogens is 314 g/mol. The first kappa shape index (κ1) is 17.7. The van der Waals surface area contributed by atoms with Crippen LogP contribution in [-0.4, -0.2) is 34.7 Å². The summed E-state index contributed by atoms with van der Waals surface area (Å²) in [4.78, 5) is 13.0. The minimum Gasteiger partial charge on any atom is -0.465 e. The van der Waals surface area contributed by atoms with Crippen LogP contribution in [-0.2, 0) is 0 Å². The van der Waals surface area contributed by atoms with Gasteiger partial charge in [0.1, 0.15) is 0 Å². The number of rotatable bonds is 2. The number of nitrogen functional groups attached to an aromatic ring is 1. The van der Waals surface area contributed by atoms with Gasteiger partial charge >= 0.3 is 6.09 Å². The standard InChI is InChI=1S/C17H26ClN3O2/c1-10-7-14(13(19)9-12(10)18)20-11-5-6-21(16(22)23)15(8-11)17(2,3)4/h7,9,11,15,20H,5-6,8,19H2,1-4H3,(H,22,23). The lowest BCUT2D eigenvalue weighted by molar-refractivity contribution is 0.0558. The minimum atomic E-state index is -0.842. The average molecular weight is 340 g/mol. The molecule has 1 heterocycles. The SMILES string of the molecule is Cc1cc(NC2CCN(C(=O)O)C(C(C)(C)C)C2)c(N)cc1Cl. The summed E-state index contributed by atoms with van der Waals surface area (Å²) in [5.41, 5.74) is 8.40. The number of aryl methyl sites for hydroxylation is 1. The molecule has 2 atom stereocenters. The molecule has 2 unspecified atom stereocenters. The molecule has 0 saturated carbocycles. The van der Waals surface area contributed by atoms with E-state index in [1.807, 2.05) is 13.0 Å². The number of anilines is 2. The number of amides is 1. The van der Waals surface area contributed by atoms with E-state index in [1.54, 1.807) is 11.0 Å². The van der Waals surface area contributed by atoms with Crippen molar-refractivity contribution in [2.24, 2.45) is 5.41 Å². The van der Waals surface area contributed by atoms with Crippen molar-refractivity contribution in [3.8, 4) is 0 Å². The van der Waals surface area contributed by atoms with Gasteiger partial charge in [-0.1, -0.05) is 32.4 Å². The Morgan fingerprint density at radius 1 is 1.43 bits per heavy atom. The number of hydrogen-bond donors (Lipinski definition) is 3. The van der Waals surface area contributed by atoms with Gasteiger partial charge in [0.2, 0.25) is 0 Å². The Bertz CT molecular complexity index is 598. The molecule has 1 saturated heterocycles. The Labute approximate surface area is 142 Å². The van der Waals surface area contributed by atoms with E-state index in [-0.39, 0.29) is 17.5 Å². The van der Waals surface area contributed by atoms with Crippen LogP contribution in [0.25, 0.3) is 0 Å². The zero-order valence-corrected chi connectivity index (χ0v) is 14.9. The van der Waals surface area contributed by atoms with Crippen molar-refractivity contribution in [1.29, 1.82) is 0 Å². The highest BCUT2D eigenvalue weighted by Gasteiger charge is 2.38. The number of nitrogens with two attached hydrogens (primary N) is 1. The zero-order chi connectivity index (χ0) is 17.4. The number of hydrogen-bond acceptors (Lipinski definition) is 3. The number of piperidine rings is 1. The Hall–Kier alpha value is -1.62. The van der Waals surface area contributed by atoms with E-state index < -0.39 is 6.09 Å². The third kappa shape index (κ3) is 4.02. The van der Waals surface area contributed by atoms with Gasteiger partial charge in [-0.3, -0.25) is 0 Å². The summed E-state index contributed by atoms with van der Waals surface area (Å²) < 4.78 is 0. The highest BCUT2D eigenvalue weighted by atomic mass is 35.5. The van der Waals surface area contributed by atoms with Gasteiger partial charge in [0.25, 0.3) is 0 Å². The fraction of sp³-hybridized carbons (Fsp3) is 0.588. The van der Waals surface area contributed by atoms with Crippen molar-refractivity contribution in [3.63, 3.8) is 0 Å². The van der Waals surface area contributed by atoms with E-state index in [1.165, 1.54) is 0 Å². The van der Waals surface area contributed by atoms with Gasteiger partial charge < -0.3 is 21.1 Å². The molecule has 4 N–H and O–H groups in total. The molecule has 1 aromatic carbocycles. The second-order valence-electron chi connectivity index (χ2n) is 7.41. The van der Waals surface area contributed by atoms with Crippen molar-refractivity contribution in [2.45, 2.75) is 52.6 Å². The largest absolute Gasteiger partial charge is 0.465 e. The smallest absolute Gasteiger partial charge is 0.407 e. The minimum absolute atomic E-state index is 0.0270. The number of likely N-dealkylation sites (tertiary alicyclic amines) is 1.